The molecule has 0 bridgehead atoms. The van der Waals surface area contributed by atoms with Crippen molar-refractivity contribution in [2.24, 2.45) is 5.92 Å². The van der Waals surface area contributed by atoms with E-state index in [2.05, 4.69) is 14.9 Å². The molecule has 2 amide bonds. The molecule has 1 N–H and O–H groups in total. The summed E-state index contributed by atoms with van der Waals surface area (Å²) >= 11 is 1.17. The lowest BCUT2D eigenvalue weighted by Gasteiger charge is -2.35. The smallest absolute Gasteiger partial charge is 0.338 e. The molecule has 0 saturated carbocycles. The lowest BCUT2D eigenvalue weighted by molar-refractivity contribution is -0.139. The highest BCUT2D eigenvalue weighted by atomic mass is 32.1. The van der Waals surface area contributed by atoms with E-state index in [9.17, 15) is 9.59 Å². The second-order valence-electron chi connectivity index (χ2n) is 5.44. The summed E-state index contributed by atoms with van der Waals surface area (Å²) in [6, 6.07) is -0.856. The van der Waals surface area contributed by atoms with E-state index in [1.165, 1.54) is 11.5 Å². The van der Waals surface area contributed by atoms with Crippen LogP contribution >= 0.6 is 11.5 Å². The first-order valence-corrected chi connectivity index (χ1v) is 8.02. The van der Waals surface area contributed by atoms with Crippen molar-refractivity contribution in [2.75, 3.05) is 13.2 Å². The third kappa shape index (κ3) is 3.27. The van der Waals surface area contributed by atoms with Crippen LogP contribution in [-0.2, 0) is 9.53 Å². The van der Waals surface area contributed by atoms with Gasteiger partial charge in [-0.05, 0) is 31.3 Å². The molecule has 1 aliphatic rings. The zero-order valence-electron chi connectivity index (χ0n) is 13.1. The second-order valence-corrected chi connectivity index (χ2v) is 6.05. The molecule has 2 heterocycles. The lowest BCUT2D eigenvalue weighted by atomic mass is 9.99. The highest BCUT2D eigenvalue weighted by Gasteiger charge is 2.37. The summed E-state index contributed by atoms with van der Waals surface area (Å²) in [7, 11) is 0. The van der Waals surface area contributed by atoms with Crippen molar-refractivity contribution in [3.8, 4) is 0 Å². The van der Waals surface area contributed by atoms with Crippen LogP contribution in [0.25, 0.3) is 0 Å². The number of rotatable bonds is 5. The van der Waals surface area contributed by atoms with Gasteiger partial charge in [0.05, 0.1) is 12.2 Å². The van der Waals surface area contributed by atoms with Crippen LogP contribution in [0.3, 0.4) is 0 Å². The van der Waals surface area contributed by atoms with Crippen LogP contribution in [0.2, 0.25) is 0 Å². The molecule has 2 rings (SSSR count). The van der Waals surface area contributed by atoms with Crippen molar-refractivity contribution < 1.29 is 14.3 Å². The summed E-state index contributed by atoms with van der Waals surface area (Å²) in [5.41, 5.74) is 1.56. The van der Waals surface area contributed by atoms with E-state index in [-0.39, 0.29) is 18.6 Å². The molecule has 0 fully saturated rings. The highest BCUT2D eigenvalue weighted by Crippen LogP contribution is 2.31. The predicted molar refractivity (Wildman–Crippen MR) is 82.1 cm³/mol. The minimum Gasteiger partial charge on any atom is -0.463 e. The average Bonchev–Trinajstić information content (AvgIpc) is 2.96. The summed E-state index contributed by atoms with van der Waals surface area (Å²) in [6.07, 6.45) is 0. The highest BCUT2D eigenvalue weighted by molar-refractivity contribution is 7.03. The van der Waals surface area contributed by atoms with Gasteiger partial charge in [-0.15, -0.1) is 5.10 Å². The number of allylic oxidation sites excluding steroid dienone is 1. The maximum atomic E-state index is 12.4. The third-order valence-electron chi connectivity index (χ3n) is 3.31. The lowest BCUT2D eigenvalue weighted by Crippen LogP contribution is -2.49. The number of nitrogens with one attached hydrogen (secondary N) is 1. The molecule has 22 heavy (non-hydrogen) atoms. The van der Waals surface area contributed by atoms with Crippen LogP contribution in [0.5, 0.6) is 0 Å². The SMILES string of the molecule is CCOC(=O)C1=C(C)N(CC(C)C)C(=O)N[C@@H]1c1csnn1. The molecule has 1 atom stereocenters. The molecular weight excluding hydrogens is 304 g/mol. The van der Waals surface area contributed by atoms with Crippen molar-refractivity contribution in [1.29, 1.82) is 0 Å². The standard InChI is InChI=1S/C14H20N4O3S/c1-5-21-13(19)11-9(4)18(6-8(2)3)14(20)15-12(11)10-7-22-17-16-10/h7-8,12H,5-6H2,1-4H3,(H,15,20)/t12-/m1/s1. The van der Waals surface area contributed by atoms with Gasteiger partial charge in [0, 0.05) is 17.6 Å². The molecule has 8 heteroatoms. The number of urea groups is 1. The topological polar surface area (TPSA) is 84.4 Å². The van der Waals surface area contributed by atoms with E-state index in [0.29, 0.717) is 23.5 Å². The van der Waals surface area contributed by atoms with Crippen LogP contribution in [0.4, 0.5) is 4.79 Å². The minimum absolute atomic E-state index is 0.239. The van der Waals surface area contributed by atoms with Gasteiger partial charge in [0.2, 0.25) is 0 Å². The molecule has 0 unspecified atom stereocenters. The van der Waals surface area contributed by atoms with E-state index >= 15 is 0 Å². The summed E-state index contributed by atoms with van der Waals surface area (Å²) in [6.45, 7) is 8.35. The van der Waals surface area contributed by atoms with Crippen molar-refractivity contribution in [3.05, 3.63) is 22.3 Å². The molecule has 0 aromatic carbocycles. The predicted octanol–water partition coefficient (Wildman–Crippen LogP) is 2.10. The summed E-state index contributed by atoms with van der Waals surface area (Å²) in [5, 5.41) is 8.53. The number of esters is 1. The average molecular weight is 324 g/mol. The van der Waals surface area contributed by atoms with E-state index in [1.807, 2.05) is 13.8 Å². The van der Waals surface area contributed by atoms with Crippen molar-refractivity contribution >= 4 is 23.5 Å². The number of hydrogen-bond donors (Lipinski definition) is 1. The Kier molecular flexibility index (Phi) is 5.12. The molecule has 0 radical (unpaired) electrons. The Morgan fingerprint density at radius 1 is 1.55 bits per heavy atom. The second kappa shape index (κ2) is 6.87. The van der Waals surface area contributed by atoms with Crippen LogP contribution in [0.15, 0.2) is 16.7 Å². The van der Waals surface area contributed by atoms with E-state index in [1.54, 1.807) is 24.1 Å². The quantitative estimate of drug-likeness (QED) is 0.838. The van der Waals surface area contributed by atoms with E-state index in [0.717, 1.165) is 0 Å². The molecule has 1 aromatic heterocycles. The maximum Gasteiger partial charge on any atom is 0.338 e. The van der Waals surface area contributed by atoms with E-state index in [4.69, 9.17) is 4.74 Å². The van der Waals surface area contributed by atoms with Crippen LogP contribution in [0, 0.1) is 5.92 Å². The largest absolute Gasteiger partial charge is 0.463 e. The number of aromatic nitrogens is 2. The van der Waals surface area contributed by atoms with Crippen LogP contribution in [0.1, 0.15) is 39.4 Å². The molecule has 0 saturated heterocycles. The molecule has 7 nitrogen and oxygen atoms in total. The monoisotopic (exact) mass is 324 g/mol. The molecule has 120 valence electrons. The Morgan fingerprint density at radius 2 is 2.27 bits per heavy atom. The number of nitrogens with zero attached hydrogens (tertiary/aromatic N) is 3. The zero-order valence-corrected chi connectivity index (χ0v) is 13.9. The molecule has 0 aliphatic carbocycles. The van der Waals surface area contributed by atoms with Gasteiger partial charge in [-0.1, -0.05) is 18.3 Å². The Morgan fingerprint density at radius 3 is 2.82 bits per heavy atom. The van der Waals surface area contributed by atoms with Crippen LogP contribution < -0.4 is 5.32 Å². The van der Waals surface area contributed by atoms with Crippen molar-refractivity contribution in [2.45, 2.75) is 33.7 Å². The molecule has 1 aromatic rings. The normalized spacial score (nSPS) is 18.7. The van der Waals surface area contributed by atoms with Crippen LogP contribution in [-0.4, -0.2) is 39.6 Å². The Labute approximate surface area is 133 Å². The zero-order chi connectivity index (χ0) is 16.3. The minimum atomic E-state index is -0.617. The van der Waals surface area contributed by atoms with Gasteiger partial charge in [-0.25, -0.2) is 9.59 Å². The fraction of sp³-hybridized carbons (Fsp3) is 0.571. The number of carbonyl (C=O) groups is 2. The van der Waals surface area contributed by atoms with Gasteiger partial charge in [-0.3, -0.25) is 4.90 Å². The number of ether oxygens (including phenoxy) is 1. The van der Waals surface area contributed by atoms with Crippen molar-refractivity contribution in [1.82, 2.24) is 19.8 Å². The van der Waals surface area contributed by atoms with Gasteiger partial charge in [-0.2, -0.15) is 0 Å². The first-order valence-electron chi connectivity index (χ1n) is 7.18. The molecular formula is C14H20N4O3S. The Balaban J connectivity index is 2.45. The van der Waals surface area contributed by atoms with Gasteiger partial charge < -0.3 is 10.1 Å². The number of carbonyl (C=O) groups excluding carboxylic acids is 2. The third-order valence-corrected chi connectivity index (χ3v) is 3.83. The van der Waals surface area contributed by atoms with Gasteiger partial charge >= 0.3 is 12.0 Å². The van der Waals surface area contributed by atoms with Gasteiger partial charge in [0.1, 0.15) is 11.7 Å². The number of hydrogen-bond acceptors (Lipinski definition) is 6. The summed E-state index contributed by atoms with van der Waals surface area (Å²) in [5.74, 6) is -0.159. The summed E-state index contributed by atoms with van der Waals surface area (Å²) in [4.78, 5) is 26.3. The molecule has 0 spiro atoms. The number of amides is 2. The summed E-state index contributed by atoms with van der Waals surface area (Å²) < 4.78 is 8.96. The first-order chi connectivity index (χ1) is 10.5. The van der Waals surface area contributed by atoms with Crippen molar-refractivity contribution in [3.63, 3.8) is 0 Å². The van der Waals surface area contributed by atoms with E-state index < -0.39 is 12.0 Å². The first kappa shape index (κ1) is 16.4. The maximum absolute atomic E-state index is 12.4. The van der Waals surface area contributed by atoms with Gasteiger partial charge in [0.15, 0.2) is 0 Å². The fourth-order valence-electron chi connectivity index (χ4n) is 2.36. The fourth-order valence-corrected chi connectivity index (χ4v) is 2.84. The Hall–Kier alpha value is -1.96. The Bertz CT molecular complexity index is 583. The van der Waals surface area contributed by atoms with Gasteiger partial charge in [0.25, 0.3) is 0 Å². The molecule has 1 aliphatic heterocycles.